The monoisotopic (exact) mass is 384 g/mol. The van der Waals surface area contributed by atoms with Crippen molar-refractivity contribution in [1.29, 1.82) is 0 Å². The number of carbonyl (C=O) groups is 1. The van der Waals surface area contributed by atoms with E-state index in [0.717, 1.165) is 28.0 Å². The van der Waals surface area contributed by atoms with Gasteiger partial charge in [0.25, 0.3) is 0 Å². The molecular formula is C22H16N4O3. The number of carboxylic acids is 1. The topological polar surface area (TPSA) is 93.0 Å². The van der Waals surface area contributed by atoms with Gasteiger partial charge in [0.2, 0.25) is 0 Å². The molecule has 5 aromatic rings. The van der Waals surface area contributed by atoms with Gasteiger partial charge in [-0.05, 0) is 36.4 Å². The van der Waals surface area contributed by atoms with Gasteiger partial charge in [-0.3, -0.25) is 9.67 Å². The highest BCUT2D eigenvalue weighted by Gasteiger charge is 2.17. The summed E-state index contributed by atoms with van der Waals surface area (Å²) in [6.07, 6.45) is 1.50. The zero-order valence-electron chi connectivity index (χ0n) is 15.5. The summed E-state index contributed by atoms with van der Waals surface area (Å²) in [5.74, 6) is 0.453. The number of aromatic amines is 1. The molecule has 3 heterocycles. The third-order valence-electron chi connectivity index (χ3n) is 4.79. The van der Waals surface area contributed by atoms with Crippen LogP contribution in [0.15, 0.2) is 66.9 Å². The molecule has 2 N–H and O–H groups in total. The standard InChI is InChI=1S/C22H16N4O3/c1-26-21(19-12-18-20(24-19)16(22(27)28)9-10-23-18)15-8-7-14(11-17(15)25-26)29-13-5-3-2-4-6-13/h2-12,24H,1H3,(H,27,28). The number of nitrogens with one attached hydrogen (secondary N) is 1. The molecule has 0 aliphatic carbocycles. The van der Waals surface area contributed by atoms with Gasteiger partial charge in [-0.1, -0.05) is 18.2 Å². The van der Waals surface area contributed by atoms with Crippen molar-refractivity contribution in [3.63, 3.8) is 0 Å². The molecule has 0 saturated heterocycles. The number of nitrogens with zero attached hydrogens (tertiary/aromatic N) is 3. The van der Waals surface area contributed by atoms with Crippen LogP contribution in [0.4, 0.5) is 0 Å². The number of pyridine rings is 1. The van der Waals surface area contributed by atoms with Crippen LogP contribution in [0, 0.1) is 0 Å². The lowest BCUT2D eigenvalue weighted by Gasteiger charge is -2.05. The van der Waals surface area contributed by atoms with E-state index in [4.69, 9.17) is 4.74 Å². The maximum absolute atomic E-state index is 11.5. The van der Waals surface area contributed by atoms with E-state index in [1.54, 1.807) is 4.68 Å². The summed E-state index contributed by atoms with van der Waals surface area (Å²) in [6.45, 7) is 0. The van der Waals surface area contributed by atoms with Gasteiger partial charge in [-0.25, -0.2) is 4.79 Å². The molecule has 0 aliphatic rings. The van der Waals surface area contributed by atoms with Crippen LogP contribution in [0.25, 0.3) is 33.3 Å². The Morgan fingerprint density at radius 2 is 1.86 bits per heavy atom. The first-order chi connectivity index (χ1) is 14.1. The molecule has 0 unspecified atom stereocenters. The molecule has 0 aliphatic heterocycles. The molecule has 2 aromatic carbocycles. The predicted molar refractivity (Wildman–Crippen MR) is 109 cm³/mol. The van der Waals surface area contributed by atoms with Crippen molar-refractivity contribution < 1.29 is 14.6 Å². The van der Waals surface area contributed by atoms with Gasteiger partial charge in [0.05, 0.1) is 33.5 Å². The minimum atomic E-state index is -0.997. The number of aromatic nitrogens is 4. The van der Waals surface area contributed by atoms with Crippen LogP contribution >= 0.6 is 0 Å². The molecule has 142 valence electrons. The molecular weight excluding hydrogens is 368 g/mol. The summed E-state index contributed by atoms with van der Waals surface area (Å²) in [4.78, 5) is 19.0. The molecule has 0 saturated carbocycles. The molecule has 3 aromatic heterocycles. The number of aryl methyl sites for hydroxylation is 1. The molecule has 0 atom stereocenters. The first-order valence-corrected chi connectivity index (χ1v) is 9.01. The fourth-order valence-electron chi connectivity index (χ4n) is 3.52. The van der Waals surface area contributed by atoms with Crippen molar-refractivity contribution >= 4 is 27.9 Å². The van der Waals surface area contributed by atoms with Crippen LogP contribution in [-0.2, 0) is 7.05 Å². The molecule has 0 spiro atoms. The summed E-state index contributed by atoms with van der Waals surface area (Å²) in [5, 5.41) is 14.9. The Hall–Kier alpha value is -4.13. The molecule has 0 amide bonds. The predicted octanol–water partition coefficient (Wildman–Crippen LogP) is 4.61. The van der Waals surface area contributed by atoms with Gasteiger partial charge in [0.15, 0.2) is 0 Å². The third-order valence-corrected chi connectivity index (χ3v) is 4.79. The van der Waals surface area contributed by atoms with Crippen molar-refractivity contribution in [3.8, 4) is 22.9 Å². The summed E-state index contributed by atoms with van der Waals surface area (Å²) in [5.41, 5.74) is 3.66. The summed E-state index contributed by atoms with van der Waals surface area (Å²) in [6, 6.07) is 18.6. The van der Waals surface area contributed by atoms with E-state index < -0.39 is 5.97 Å². The van der Waals surface area contributed by atoms with E-state index in [-0.39, 0.29) is 5.56 Å². The SMILES string of the molecule is Cn1nc2cc(Oc3ccccc3)ccc2c1-c1cc2nccc(C(=O)O)c2[nH]1. The van der Waals surface area contributed by atoms with E-state index in [1.165, 1.54) is 12.3 Å². The van der Waals surface area contributed by atoms with E-state index in [2.05, 4.69) is 15.1 Å². The van der Waals surface area contributed by atoms with Crippen molar-refractivity contribution in [2.75, 3.05) is 0 Å². The van der Waals surface area contributed by atoms with Gasteiger partial charge >= 0.3 is 5.97 Å². The van der Waals surface area contributed by atoms with Crippen LogP contribution < -0.4 is 4.74 Å². The number of aromatic carboxylic acids is 1. The second kappa shape index (κ2) is 6.49. The van der Waals surface area contributed by atoms with E-state index in [1.807, 2.05) is 61.6 Å². The Kier molecular flexibility index (Phi) is 3.80. The molecule has 7 heteroatoms. The first-order valence-electron chi connectivity index (χ1n) is 9.01. The highest BCUT2D eigenvalue weighted by atomic mass is 16.5. The number of H-pyrrole nitrogens is 1. The highest BCUT2D eigenvalue weighted by molar-refractivity contribution is 6.03. The number of benzene rings is 2. The van der Waals surface area contributed by atoms with Gasteiger partial charge < -0.3 is 14.8 Å². The Morgan fingerprint density at radius 3 is 2.66 bits per heavy atom. The quantitative estimate of drug-likeness (QED) is 0.472. The molecule has 0 bridgehead atoms. The number of rotatable bonds is 4. The number of carboxylic acid groups (broad SMARTS) is 1. The van der Waals surface area contributed by atoms with E-state index >= 15 is 0 Å². The maximum atomic E-state index is 11.5. The normalized spacial score (nSPS) is 11.2. The lowest BCUT2D eigenvalue weighted by Crippen LogP contribution is -1.98. The van der Waals surface area contributed by atoms with Crippen LogP contribution in [0.2, 0.25) is 0 Å². The molecule has 29 heavy (non-hydrogen) atoms. The minimum Gasteiger partial charge on any atom is -0.478 e. The fraction of sp³-hybridized carbons (Fsp3) is 0.0455. The number of ether oxygens (including phenoxy) is 1. The van der Waals surface area contributed by atoms with Crippen molar-refractivity contribution in [2.45, 2.75) is 0 Å². The first kappa shape index (κ1) is 17.0. The number of fused-ring (bicyclic) bond motifs is 2. The Balaban J connectivity index is 1.60. The number of hydrogen-bond acceptors (Lipinski definition) is 4. The largest absolute Gasteiger partial charge is 0.478 e. The van der Waals surface area contributed by atoms with Crippen LogP contribution in [0.3, 0.4) is 0 Å². The van der Waals surface area contributed by atoms with Crippen LogP contribution in [-0.4, -0.2) is 30.8 Å². The fourth-order valence-corrected chi connectivity index (χ4v) is 3.52. The molecule has 0 radical (unpaired) electrons. The summed E-state index contributed by atoms with van der Waals surface area (Å²) >= 11 is 0. The highest BCUT2D eigenvalue weighted by Crippen LogP contribution is 2.33. The minimum absolute atomic E-state index is 0.186. The Morgan fingerprint density at radius 1 is 1.03 bits per heavy atom. The average molecular weight is 384 g/mol. The van der Waals surface area contributed by atoms with Crippen LogP contribution in [0.5, 0.6) is 11.5 Å². The number of hydrogen-bond donors (Lipinski definition) is 2. The number of para-hydroxylation sites is 1. The summed E-state index contributed by atoms with van der Waals surface area (Å²) in [7, 11) is 1.85. The zero-order valence-corrected chi connectivity index (χ0v) is 15.5. The second-order valence-electron chi connectivity index (χ2n) is 6.67. The molecule has 5 rings (SSSR count). The summed E-state index contributed by atoms with van der Waals surface area (Å²) < 4.78 is 7.67. The second-order valence-corrected chi connectivity index (χ2v) is 6.67. The third kappa shape index (κ3) is 2.89. The zero-order chi connectivity index (χ0) is 20.0. The lowest BCUT2D eigenvalue weighted by atomic mass is 10.1. The molecule has 0 fully saturated rings. The van der Waals surface area contributed by atoms with Crippen molar-refractivity contribution in [1.82, 2.24) is 19.7 Å². The Bertz CT molecular complexity index is 1370. The molecule has 7 nitrogen and oxygen atoms in total. The van der Waals surface area contributed by atoms with E-state index in [0.29, 0.717) is 16.8 Å². The lowest BCUT2D eigenvalue weighted by molar-refractivity contribution is 0.0698. The maximum Gasteiger partial charge on any atom is 0.337 e. The van der Waals surface area contributed by atoms with Crippen molar-refractivity contribution in [2.24, 2.45) is 7.05 Å². The average Bonchev–Trinajstić information content (AvgIpc) is 3.27. The van der Waals surface area contributed by atoms with Crippen LogP contribution in [0.1, 0.15) is 10.4 Å². The van der Waals surface area contributed by atoms with Crippen molar-refractivity contribution in [3.05, 3.63) is 72.4 Å². The van der Waals surface area contributed by atoms with Gasteiger partial charge in [-0.2, -0.15) is 5.10 Å². The van der Waals surface area contributed by atoms with Gasteiger partial charge in [0, 0.05) is 24.7 Å². The van der Waals surface area contributed by atoms with Gasteiger partial charge in [-0.15, -0.1) is 0 Å². The van der Waals surface area contributed by atoms with Gasteiger partial charge in [0.1, 0.15) is 11.5 Å². The Labute approximate surface area is 165 Å². The smallest absolute Gasteiger partial charge is 0.337 e. The van der Waals surface area contributed by atoms with E-state index in [9.17, 15) is 9.90 Å².